The van der Waals surface area contributed by atoms with Crippen molar-refractivity contribution < 1.29 is 40.6 Å². The van der Waals surface area contributed by atoms with Crippen LogP contribution in [0.25, 0.3) is 0 Å². The topological polar surface area (TPSA) is 56.5 Å². The molecule has 0 aliphatic rings. The highest BCUT2D eigenvalue weighted by molar-refractivity contribution is 5.94. The van der Waals surface area contributed by atoms with Crippen LogP contribution in [0.15, 0.2) is 48.8 Å². The number of hydrogen-bond donors (Lipinski definition) is 0. The van der Waals surface area contributed by atoms with Gasteiger partial charge in [0.1, 0.15) is 11.1 Å². The van der Waals surface area contributed by atoms with Crippen molar-refractivity contribution in [3.05, 3.63) is 65.5 Å². The summed E-state index contributed by atoms with van der Waals surface area (Å²) in [5.41, 5.74) is 1.66. The molecule has 0 N–H and O–H groups in total. The fourth-order valence-electron chi connectivity index (χ4n) is 1.98. The zero-order chi connectivity index (χ0) is 15.2. The van der Waals surface area contributed by atoms with Crippen molar-refractivity contribution in [2.24, 2.45) is 0 Å². The largest absolute Gasteiger partial charge is 1.00 e. The van der Waals surface area contributed by atoms with E-state index in [4.69, 9.17) is 9.47 Å². The fourth-order valence-corrected chi connectivity index (χ4v) is 1.98. The van der Waals surface area contributed by atoms with Crippen molar-refractivity contribution in [2.45, 2.75) is 6.54 Å². The van der Waals surface area contributed by atoms with Gasteiger partial charge in [0.15, 0.2) is 18.9 Å². The molecule has 6 heteroatoms. The zero-order valence-electron chi connectivity index (χ0n) is 12.3. The quantitative estimate of drug-likeness (QED) is 0.494. The minimum absolute atomic E-state index is 0. The van der Waals surface area contributed by atoms with Gasteiger partial charge in [-0.25, -0.2) is 9.59 Å². The summed E-state index contributed by atoms with van der Waals surface area (Å²) in [4.78, 5) is 23.4. The highest BCUT2D eigenvalue weighted by atomic mass is 79.9. The maximum atomic E-state index is 11.7. The normalized spacial score (nSPS) is 9.55. The molecule has 0 radical (unpaired) electrons. The number of carbonyl (C=O) groups excluding carboxylic acids is 2. The summed E-state index contributed by atoms with van der Waals surface area (Å²) >= 11 is 0. The minimum Gasteiger partial charge on any atom is -1.00 e. The van der Waals surface area contributed by atoms with Gasteiger partial charge < -0.3 is 26.5 Å². The first-order chi connectivity index (χ1) is 10.1. The van der Waals surface area contributed by atoms with Gasteiger partial charge in [0.25, 0.3) is 0 Å². The molecule has 0 aliphatic heterocycles. The average Bonchev–Trinajstić information content (AvgIpc) is 2.53. The van der Waals surface area contributed by atoms with Crippen molar-refractivity contribution in [1.82, 2.24) is 0 Å². The Hall–Kier alpha value is -2.21. The van der Waals surface area contributed by atoms with Crippen LogP contribution in [-0.4, -0.2) is 26.2 Å². The van der Waals surface area contributed by atoms with Crippen LogP contribution in [0.4, 0.5) is 0 Å². The smallest absolute Gasteiger partial charge is 0.343 e. The zero-order valence-corrected chi connectivity index (χ0v) is 13.9. The molecule has 0 bridgehead atoms. The standard InChI is InChI=1S/C16H16NO4.BrH/c1-20-15(18)13-8-14(16(19)21-2)11-17(10-13)9-12-6-4-3-5-7-12;/h3-8,10-11H,9H2,1-2H3;1H/q+1;/p-1. The lowest BCUT2D eigenvalue weighted by molar-refractivity contribution is -0.688. The molecular formula is C16H16BrNO4. The number of halogens is 1. The molecule has 0 spiro atoms. The van der Waals surface area contributed by atoms with Gasteiger partial charge in [-0.3, -0.25) is 0 Å². The van der Waals surface area contributed by atoms with E-state index in [-0.39, 0.29) is 17.0 Å². The van der Waals surface area contributed by atoms with Crippen LogP contribution in [0.2, 0.25) is 0 Å². The molecule has 0 atom stereocenters. The molecule has 2 rings (SSSR count). The lowest BCUT2D eigenvalue weighted by Gasteiger charge is -2.04. The lowest BCUT2D eigenvalue weighted by Crippen LogP contribution is -3.00. The number of carbonyl (C=O) groups is 2. The first-order valence-electron chi connectivity index (χ1n) is 6.38. The van der Waals surface area contributed by atoms with Gasteiger partial charge in [-0.15, -0.1) is 0 Å². The van der Waals surface area contributed by atoms with Crippen LogP contribution in [0.1, 0.15) is 26.3 Å². The van der Waals surface area contributed by atoms with Gasteiger partial charge >= 0.3 is 11.9 Å². The third-order valence-corrected chi connectivity index (χ3v) is 2.97. The third kappa shape index (κ3) is 4.39. The number of esters is 2. The van der Waals surface area contributed by atoms with Crippen molar-refractivity contribution in [3.8, 4) is 0 Å². The van der Waals surface area contributed by atoms with E-state index < -0.39 is 11.9 Å². The Morgan fingerprint density at radius 1 is 0.955 bits per heavy atom. The molecule has 0 amide bonds. The number of methoxy groups -OCH3 is 2. The molecule has 2 aromatic rings. The van der Waals surface area contributed by atoms with E-state index >= 15 is 0 Å². The van der Waals surface area contributed by atoms with Crippen molar-refractivity contribution in [3.63, 3.8) is 0 Å². The van der Waals surface area contributed by atoms with E-state index in [0.29, 0.717) is 17.7 Å². The van der Waals surface area contributed by atoms with Crippen LogP contribution in [0.3, 0.4) is 0 Å². The summed E-state index contributed by atoms with van der Waals surface area (Å²) in [5, 5.41) is 0. The maximum absolute atomic E-state index is 11.7. The highest BCUT2D eigenvalue weighted by Gasteiger charge is 2.18. The van der Waals surface area contributed by atoms with E-state index in [1.165, 1.54) is 20.3 Å². The summed E-state index contributed by atoms with van der Waals surface area (Å²) in [6.07, 6.45) is 3.29. The van der Waals surface area contributed by atoms with Gasteiger partial charge in [0.2, 0.25) is 0 Å². The van der Waals surface area contributed by atoms with Gasteiger partial charge in [0, 0.05) is 5.56 Å². The molecule has 0 saturated heterocycles. The second-order valence-corrected chi connectivity index (χ2v) is 4.45. The Bertz CT molecular complexity index is 624. The molecule has 22 heavy (non-hydrogen) atoms. The van der Waals surface area contributed by atoms with Crippen LogP contribution >= 0.6 is 0 Å². The van der Waals surface area contributed by atoms with Crippen LogP contribution < -0.4 is 21.5 Å². The van der Waals surface area contributed by atoms with Gasteiger partial charge in [-0.1, -0.05) is 30.3 Å². The summed E-state index contributed by atoms with van der Waals surface area (Å²) in [5.74, 6) is -0.995. The molecule has 1 aromatic heterocycles. The monoisotopic (exact) mass is 365 g/mol. The number of nitrogens with zero attached hydrogens (tertiary/aromatic N) is 1. The molecule has 5 nitrogen and oxygen atoms in total. The number of rotatable bonds is 4. The molecule has 0 unspecified atom stereocenters. The molecule has 0 fully saturated rings. The second-order valence-electron chi connectivity index (χ2n) is 4.45. The SMILES string of the molecule is COC(=O)c1cc(C(=O)OC)c[n+](Cc2ccccc2)c1.[Br-]. The molecule has 116 valence electrons. The van der Waals surface area contributed by atoms with Crippen molar-refractivity contribution >= 4 is 11.9 Å². The Morgan fingerprint density at radius 3 is 1.91 bits per heavy atom. The summed E-state index contributed by atoms with van der Waals surface area (Å²) in [6, 6.07) is 11.2. The van der Waals surface area contributed by atoms with Gasteiger partial charge in [-0.2, -0.15) is 4.57 Å². The predicted molar refractivity (Wildman–Crippen MR) is 74.9 cm³/mol. The lowest BCUT2D eigenvalue weighted by atomic mass is 10.1. The molecule has 1 heterocycles. The van der Waals surface area contributed by atoms with Crippen molar-refractivity contribution in [1.29, 1.82) is 0 Å². The van der Waals surface area contributed by atoms with Crippen molar-refractivity contribution in [2.75, 3.05) is 14.2 Å². The number of aromatic nitrogens is 1. The van der Waals surface area contributed by atoms with E-state index in [0.717, 1.165) is 5.56 Å². The summed E-state index contributed by atoms with van der Waals surface area (Å²) in [6.45, 7) is 0.537. The Balaban J connectivity index is 0.00000242. The average molecular weight is 366 g/mol. The highest BCUT2D eigenvalue weighted by Crippen LogP contribution is 2.06. The maximum Gasteiger partial charge on any atom is 0.343 e. The molecule has 1 aromatic carbocycles. The predicted octanol–water partition coefficient (Wildman–Crippen LogP) is -1.40. The van der Waals surface area contributed by atoms with E-state index in [2.05, 4.69) is 0 Å². The first kappa shape index (κ1) is 17.8. The minimum atomic E-state index is -0.498. The Kier molecular flexibility index (Phi) is 6.72. The number of benzene rings is 1. The molecule has 0 aliphatic carbocycles. The van der Waals surface area contributed by atoms with Crippen LogP contribution in [0.5, 0.6) is 0 Å². The van der Waals surface area contributed by atoms with E-state index in [9.17, 15) is 9.59 Å². The second kappa shape index (κ2) is 8.29. The number of hydrogen-bond acceptors (Lipinski definition) is 4. The van der Waals surface area contributed by atoms with Gasteiger partial charge in [-0.05, 0) is 6.07 Å². The summed E-state index contributed by atoms with van der Waals surface area (Å²) < 4.78 is 11.2. The van der Waals surface area contributed by atoms with Crippen LogP contribution in [-0.2, 0) is 16.0 Å². The Morgan fingerprint density at radius 2 is 1.45 bits per heavy atom. The number of ether oxygens (including phenoxy) is 2. The van der Waals surface area contributed by atoms with E-state index in [1.807, 2.05) is 30.3 Å². The third-order valence-electron chi connectivity index (χ3n) is 2.97. The summed E-state index contributed by atoms with van der Waals surface area (Å²) in [7, 11) is 2.60. The Labute approximate surface area is 139 Å². The fraction of sp³-hybridized carbons (Fsp3) is 0.188. The first-order valence-corrected chi connectivity index (χ1v) is 6.38. The van der Waals surface area contributed by atoms with Crippen LogP contribution in [0, 0.1) is 0 Å². The van der Waals surface area contributed by atoms with Gasteiger partial charge in [0.05, 0.1) is 14.2 Å². The molecule has 0 saturated carbocycles. The molecular weight excluding hydrogens is 350 g/mol. The number of pyridine rings is 1. The van der Waals surface area contributed by atoms with E-state index in [1.54, 1.807) is 17.0 Å².